The van der Waals surface area contributed by atoms with Gasteiger partial charge in [-0.15, -0.1) is 0 Å². The highest BCUT2D eigenvalue weighted by atomic mass is 79.9. The molecule has 0 radical (unpaired) electrons. The molecule has 1 N–H and O–H groups in total. The van der Waals surface area contributed by atoms with Gasteiger partial charge in [-0.1, -0.05) is 15.9 Å². The van der Waals surface area contributed by atoms with Crippen molar-refractivity contribution in [3.8, 4) is 11.5 Å². The third kappa shape index (κ3) is 2.88. The molecule has 0 aliphatic heterocycles. The van der Waals surface area contributed by atoms with Crippen LogP contribution in [0, 0.1) is 0 Å². The molecule has 4 nitrogen and oxygen atoms in total. The van der Waals surface area contributed by atoms with Gasteiger partial charge in [0.2, 0.25) is 0 Å². The minimum absolute atomic E-state index is 0.104. The Hall–Kier alpha value is -1.23. The van der Waals surface area contributed by atoms with Crippen molar-refractivity contribution < 1.29 is 19.4 Å². The second kappa shape index (κ2) is 5.75. The van der Waals surface area contributed by atoms with Gasteiger partial charge in [0.05, 0.1) is 20.1 Å². The van der Waals surface area contributed by atoms with Crippen molar-refractivity contribution in [3.05, 3.63) is 22.2 Å². The fourth-order valence-corrected chi connectivity index (χ4v) is 1.81. The van der Waals surface area contributed by atoms with Gasteiger partial charge < -0.3 is 14.6 Å². The predicted molar refractivity (Wildman–Crippen MR) is 63.2 cm³/mol. The van der Waals surface area contributed by atoms with Gasteiger partial charge in [-0.05, 0) is 19.1 Å². The number of carboxylic acid groups (broad SMARTS) is 1. The van der Waals surface area contributed by atoms with Crippen LogP contribution >= 0.6 is 15.9 Å². The van der Waals surface area contributed by atoms with Crippen molar-refractivity contribution in [3.63, 3.8) is 0 Å². The zero-order chi connectivity index (χ0) is 12.1. The topological polar surface area (TPSA) is 55.8 Å². The highest BCUT2D eigenvalue weighted by Gasteiger charge is 2.16. The molecule has 0 saturated carbocycles. The van der Waals surface area contributed by atoms with Crippen LogP contribution in [0.15, 0.2) is 16.6 Å². The van der Waals surface area contributed by atoms with E-state index in [9.17, 15) is 4.79 Å². The molecule has 0 fully saturated rings. The van der Waals surface area contributed by atoms with Gasteiger partial charge in [-0.2, -0.15) is 0 Å². The van der Waals surface area contributed by atoms with Gasteiger partial charge in [-0.3, -0.25) is 4.79 Å². The van der Waals surface area contributed by atoms with Crippen LogP contribution in [-0.2, 0) is 11.2 Å². The molecule has 0 heterocycles. The molecular formula is C11H13BrO4. The monoisotopic (exact) mass is 288 g/mol. The van der Waals surface area contributed by atoms with Gasteiger partial charge in [0.25, 0.3) is 0 Å². The molecule has 88 valence electrons. The minimum Gasteiger partial charge on any atom is -0.493 e. The predicted octanol–water partition coefficient (Wildman–Crippen LogP) is 2.48. The number of carbonyl (C=O) groups is 1. The number of hydrogen-bond acceptors (Lipinski definition) is 3. The first-order valence-corrected chi connectivity index (χ1v) is 5.59. The SMILES string of the molecule is CCOc1c(OC)ccc(Br)c1CC(=O)O. The Kier molecular flexibility index (Phi) is 4.61. The van der Waals surface area contributed by atoms with Crippen LogP contribution in [0.2, 0.25) is 0 Å². The molecule has 1 aromatic rings. The highest BCUT2D eigenvalue weighted by molar-refractivity contribution is 9.10. The van der Waals surface area contributed by atoms with E-state index >= 15 is 0 Å². The van der Waals surface area contributed by atoms with Gasteiger partial charge in [0.15, 0.2) is 11.5 Å². The lowest BCUT2D eigenvalue weighted by Gasteiger charge is -2.14. The van der Waals surface area contributed by atoms with E-state index < -0.39 is 5.97 Å². The van der Waals surface area contributed by atoms with Crippen molar-refractivity contribution in [2.24, 2.45) is 0 Å². The van der Waals surface area contributed by atoms with E-state index in [0.29, 0.717) is 28.1 Å². The fraction of sp³-hybridized carbons (Fsp3) is 0.364. The Morgan fingerprint density at radius 2 is 2.19 bits per heavy atom. The highest BCUT2D eigenvalue weighted by Crippen LogP contribution is 2.36. The van der Waals surface area contributed by atoms with E-state index in [0.717, 1.165) is 0 Å². The quantitative estimate of drug-likeness (QED) is 0.904. The van der Waals surface area contributed by atoms with Gasteiger partial charge in [0.1, 0.15) is 0 Å². The van der Waals surface area contributed by atoms with Crippen molar-refractivity contribution in [2.75, 3.05) is 13.7 Å². The molecule has 16 heavy (non-hydrogen) atoms. The summed E-state index contributed by atoms with van der Waals surface area (Å²) in [6, 6.07) is 3.49. The number of hydrogen-bond donors (Lipinski definition) is 1. The zero-order valence-corrected chi connectivity index (χ0v) is 10.7. The lowest BCUT2D eigenvalue weighted by atomic mass is 10.1. The fourth-order valence-electron chi connectivity index (χ4n) is 1.36. The van der Waals surface area contributed by atoms with E-state index in [1.807, 2.05) is 6.92 Å². The van der Waals surface area contributed by atoms with Gasteiger partial charge in [-0.25, -0.2) is 0 Å². The van der Waals surface area contributed by atoms with Gasteiger partial charge >= 0.3 is 5.97 Å². The summed E-state index contributed by atoms with van der Waals surface area (Å²) >= 11 is 3.31. The van der Waals surface area contributed by atoms with Crippen molar-refractivity contribution >= 4 is 21.9 Å². The molecule has 0 bridgehead atoms. The maximum Gasteiger partial charge on any atom is 0.308 e. The summed E-state index contributed by atoms with van der Waals surface area (Å²) in [5, 5.41) is 8.83. The Morgan fingerprint density at radius 3 is 2.69 bits per heavy atom. The van der Waals surface area contributed by atoms with Crippen molar-refractivity contribution in [1.29, 1.82) is 0 Å². The van der Waals surface area contributed by atoms with Crippen LogP contribution < -0.4 is 9.47 Å². The molecule has 5 heteroatoms. The maximum absolute atomic E-state index is 10.8. The smallest absolute Gasteiger partial charge is 0.308 e. The standard InChI is InChI=1S/C11H13BrO4/c1-3-16-11-7(6-10(13)14)8(12)4-5-9(11)15-2/h4-5H,3,6H2,1-2H3,(H,13,14). The summed E-state index contributed by atoms with van der Waals surface area (Å²) < 4.78 is 11.3. The molecule has 0 atom stereocenters. The van der Waals surface area contributed by atoms with Crippen LogP contribution in [0.3, 0.4) is 0 Å². The molecule has 1 aromatic carbocycles. The molecule has 0 spiro atoms. The third-order valence-electron chi connectivity index (χ3n) is 2.00. The van der Waals surface area contributed by atoms with E-state index in [-0.39, 0.29) is 6.42 Å². The summed E-state index contributed by atoms with van der Waals surface area (Å²) in [7, 11) is 1.52. The number of methoxy groups -OCH3 is 1. The Bertz CT molecular complexity index is 390. The maximum atomic E-state index is 10.8. The number of benzene rings is 1. The third-order valence-corrected chi connectivity index (χ3v) is 2.75. The van der Waals surface area contributed by atoms with Crippen LogP contribution in [0.1, 0.15) is 12.5 Å². The minimum atomic E-state index is -0.907. The summed E-state index contributed by atoms with van der Waals surface area (Å²) in [6.07, 6.45) is -0.104. The van der Waals surface area contributed by atoms with E-state index in [4.69, 9.17) is 14.6 Å². The Labute approximate surface area is 102 Å². The number of carboxylic acids is 1. The number of halogens is 1. The molecular weight excluding hydrogens is 276 g/mol. The molecule has 1 rings (SSSR count). The largest absolute Gasteiger partial charge is 0.493 e. The second-order valence-electron chi connectivity index (χ2n) is 3.06. The summed E-state index contributed by atoms with van der Waals surface area (Å²) in [4.78, 5) is 10.8. The van der Waals surface area contributed by atoms with Gasteiger partial charge in [0, 0.05) is 10.0 Å². The lowest BCUT2D eigenvalue weighted by Crippen LogP contribution is -2.06. The summed E-state index contributed by atoms with van der Waals surface area (Å²) in [6.45, 7) is 2.30. The molecule has 0 aromatic heterocycles. The summed E-state index contributed by atoms with van der Waals surface area (Å²) in [5.41, 5.74) is 0.591. The van der Waals surface area contributed by atoms with Crippen LogP contribution in [0.25, 0.3) is 0 Å². The normalized spacial score (nSPS) is 9.94. The first-order valence-electron chi connectivity index (χ1n) is 4.80. The van der Waals surface area contributed by atoms with Crippen LogP contribution in [0.4, 0.5) is 0 Å². The molecule has 0 saturated heterocycles. The van der Waals surface area contributed by atoms with E-state index in [2.05, 4.69) is 15.9 Å². The van der Waals surface area contributed by atoms with E-state index in [1.165, 1.54) is 7.11 Å². The molecule has 0 unspecified atom stereocenters. The Balaban J connectivity index is 3.23. The van der Waals surface area contributed by atoms with Crippen LogP contribution in [0.5, 0.6) is 11.5 Å². The molecule has 0 aliphatic carbocycles. The van der Waals surface area contributed by atoms with Crippen LogP contribution in [-0.4, -0.2) is 24.8 Å². The van der Waals surface area contributed by atoms with E-state index in [1.54, 1.807) is 12.1 Å². The van der Waals surface area contributed by atoms with Crippen molar-refractivity contribution in [1.82, 2.24) is 0 Å². The number of rotatable bonds is 5. The summed E-state index contributed by atoms with van der Waals surface area (Å²) in [5.74, 6) is 0.123. The number of aliphatic carboxylic acids is 1. The first kappa shape index (κ1) is 12.8. The average Bonchev–Trinajstić information content (AvgIpc) is 2.23. The zero-order valence-electron chi connectivity index (χ0n) is 9.12. The lowest BCUT2D eigenvalue weighted by molar-refractivity contribution is -0.136. The Morgan fingerprint density at radius 1 is 1.50 bits per heavy atom. The molecule has 0 amide bonds. The first-order chi connectivity index (χ1) is 7.60. The molecule has 0 aliphatic rings. The van der Waals surface area contributed by atoms with Crippen molar-refractivity contribution in [2.45, 2.75) is 13.3 Å². The number of ether oxygens (including phenoxy) is 2. The average molecular weight is 289 g/mol. The second-order valence-corrected chi connectivity index (χ2v) is 3.92.